The summed E-state index contributed by atoms with van der Waals surface area (Å²) in [5.41, 5.74) is 1.77. The number of imidazole rings is 1. The Labute approximate surface area is 105 Å². The molecule has 2 heterocycles. The van der Waals surface area contributed by atoms with Gasteiger partial charge in [0.1, 0.15) is 0 Å². The zero-order chi connectivity index (χ0) is 12.4. The molecular formula is C14H12N4. The lowest BCUT2D eigenvalue weighted by atomic mass is 10.2. The molecule has 3 rings (SSSR count). The van der Waals surface area contributed by atoms with Gasteiger partial charge in [0.2, 0.25) is 0 Å². The molecule has 0 bridgehead atoms. The summed E-state index contributed by atoms with van der Waals surface area (Å²) in [6.07, 6.45) is 7.18. The zero-order valence-electron chi connectivity index (χ0n) is 9.99. The third-order valence-corrected chi connectivity index (χ3v) is 2.79. The molecule has 0 saturated heterocycles. The number of aromatic nitrogens is 3. The van der Waals surface area contributed by atoms with Gasteiger partial charge in [-0.15, -0.1) is 0 Å². The standard InChI is InChI=1S/C14H12N4/c1-18-9-8-15-13(18)10-17-12-6-2-4-11-5-3-7-16-14(11)12/h2-10H,1H3. The minimum atomic E-state index is 0.822. The normalized spacial score (nSPS) is 11.4. The Bertz CT molecular complexity index is 707. The lowest BCUT2D eigenvalue weighted by Crippen LogP contribution is -1.94. The van der Waals surface area contributed by atoms with Crippen molar-refractivity contribution < 1.29 is 0 Å². The molecule has 2 aromatic heterocycles. The molecule has 88 valence electrons. The molecule has 0 aliphatic heterocycles. The number of rotatable bonds is 2. The Balaban J connectivity index is 2.05. The van der Waals surface area contributed by atoms with Gasteiger partial charge in [-0.2, -0.15) is 0 Å². The summed E-state index contributed by atoms with van der Waals surface area (Å²) in [6.45, 7) is 0. The first kappa shape index (κ1) is 10.7. The van der Waals surface area contributed by atoms with Crippen molar-refractivity contribution in [1.29, 1.82) is 0 Å². The van der Waals surface area contributed by atoms with Crippen LogP contribution in [0.4, 0.5) is 5.69 Å². The van der Waals surface area contributed by atoms with Gasteiger partial charge in [-0.3, -0.25) is 9.98 Å². The number of benzene rings is 1. The van der Waals surface area contributed by atoms with Crippen molar-refractivity contribution in [3.05, 3.63) is 54.7 Å². The summed E-state index contributed by atoms with van der Waals surface area (Å²) in [5.74, 6) is 0.822. The van der Waals surface area contributed by atoms with E-state index in [1.165, 1.54) is 0 Å². The molecular weight excluding hydrogens is 224 g/mol. The van der Waals surface area contributed by atoms with Crippen molar-refractivity contribution in [2.45, 2.75) is 0 Å². The Morgan fingerprint density at radius 3 is 2.83 bits per heavy atom. The fraction of sp³-hybridized carbons (Fsp3) is 0.0714. The van der Waals surface area contributed by atoms with E-state index in [-0.39, 0.29) is 0 Å². The van der Waals surface area contributed by atoms with Gasteiger partial charge in [-0.1, -0.05) is 18.2 Å². The van der Waals surface area contributed by atoms with Crippen LogP contribution in [0.25, 0.3) is 10.9 Å². The molecule has 0 unspecified atom stereocenters. The van der Waals surface area contributed by atoms with Crippen LogP contribution in [-0.2, 0) is 7.05 Å². The number of nitrogens with zero attached hydrogens (tertiary/aromatic N) is 4. The number of aryl methyl sites for hydroxylation is 1. The van der Waals surface area contributed by atoms with E-state index in [9.17, 15) is 0 Å². The molecule has 4 heteroatoms. The quantitative estimate of drug-likeness (QED) is 0.642. The van der Waals surface area contributed by atoms with Gasteiger partial charge in [0, 0.05) is 31.0 Å². The van der Waals surface area contributed by atoms with Crippen molar-refractivity contribution in [3.63, 3.8) is 0 Å². The highest BCUT2D eigenvalue weighted by Crippen LogP contribution is 2.23. The highest BCUT2D eigenvalue weighted by Gasteiger charge is 2.00. The number of hydrogen-bond acceptors (Lipinski definition) is 3. The number of pyridine rings is 1. The van der Waals surface area contributed by atoms with Gasteiger partial charge in [-0.25, -0.2) is 4.98 Å². The molecule has 3 aromatic rings. The van der Waals surface area contributed by atoms with Crippen molar-refractivity contribution in [2.75, 3.05) is 0 Å². The first-order valence-corrected chi connectivity index (χ1v) is 5.70. The summed E-state index contributed by atoms with van der Waals surface area (Å²) in [7, 11) is 1.94. The maximum absolute atomic E-state index is 4.47. The molecule has 0 radical (unpaired) electrons. The van der Waals surface area contributed by atoms with Crippen LogP contribution in [0.2, 0.25) is 0 Å². The highest BCUT2D eigenvalue weighted by molar-refractivity contribution is 5.91. The van der Waals surface area contributed by atoms with Crippen molar-refractivity contribution >= 4 is 22.8 Å². The smallest absolute Gasteiger partial charge is 0.150 e. The Morgan fingerprint density at radius 1 is 1.11 bits per heavy atom. The summed E-state index contributed by atoms with van der Waals surface area (Å²) >= 11 is 0. The van der Waals surface area contributed by atoms with E-state index < -0.39 is 0 Å². The van der Waals surface area contributed by atoms with Crippen molar-refractivity contribution in [2.24, 2.45) is 12.0 Å². The molecule has 0 aliphatic rings. The molecule has 0 spiro atoms. The SMILES string of the molecule is Cn1ccnc1C=Nc1cccc2cccnc12. The van der Waals surface area contributed by atoms with Crippen LogP contribution in [0.3, 0.4) is 0 Å². The summed E-state index contributed by atoms with van der Waals surface area (Å²) in [6, 6.07) is 9.92. The Kier molecular flexibility index (Phi) is 2.61. The lowest BCUT2D eigenvalue weighted by molar-refractivity contribution is 0.902. The van der Waals surface area contributed by atoms with Crippen molar-refractivity contribution in [3.8, 4) is 0 Å². The van der Waals surface area contributed by atoms with Gasteiger partial charge >= 0.3 is 0 Å². The predicted molar refractivity (Wildman–Crippen MR) is 72.2 cm³/mol. The van der Waals surface area contributed by atoms with E-state index in [0.29, 0.717) is 0 Å². The number of aliphatic imine (C=N–C) groups is 1. The van der Waals surface area contributed by atoms with Crippen molar-refractivity contribution in [1.82, 2.24) is 14.5 Å². The summed E-state index contributed by atoms with van der Waals surface area (Å²) in [5, 5.41) is 1.09. The summed E-state index contributed by atoms with van der Waals surface area (Å²) in [4.78, 5) is 13.0. The van der Waals surface area contributed by atoms with E-state index in [2.05, 4.69) is 15.0 Å². The minimum Gasteiger partial charge on any atom is -0.333 e. The predicted octanol–water partition coefficient (Wildman–Crippen LogP) is 2.72. The average molecular weight is 236 g/mol. The van der Waals surface area contributed by atoms with E-state index >= 15 is 0 Å². The van der Waals surface area contributed by atoms with Crippen LogP contribution in [0, 0.1) is 0 Å². The fourth-order valence-electron chi connectivity index (χ4n) is 1.82. The van der Waals surface area contributed by atoms with Gasteiger partial charge in [-0.05, 0) is 12.1 Å². The van der Waals surface area contributed by atoms with Crippen LogP contribution in [-0.4, -0.2) is 20.7 Å². The molecule has 1 aromatic carbocycles. The second-order valence-corrected chi connectivity index (χ2v) is 4.01. The molecule has 4 nitrogen and oxygen atoms in total. The Morgan fingerprint density at radius 2 is 2.00 bits per heavy atom. The van der Waals surface area contributed by atoms with E-state index in [1.807, 2.05) is 48.1 Å². The van der Waals surface area contributed by atoms with Gasteiger partial charge in [0.15, 0.2) is 5.82 Å². The van der Waals surface area contributed by atoms with Gasteiger partial charge in [0.25, 0.3) is 0 Å². The number of fused-ring (bicyclic) bond motifs is 1. The second-order valence-electron chi connectivity index (χ2n) is 4.01. The van der Waals surface area contributed by atoms with Crippen LogP contribution in [0.15, 0.2) is 53.9 Å². The monoisotopic (exact) mass is 236 g/mol. The molecule has 0 N–H and O–H groups in total. The zero-order valence-corrected chi connectivity index (χ0v) is 9.99. The summed E-state index contributed by atoms with van der Waals surface area (Å²) < 4.78 is 1.92. The topological polar surface area (TPSA) is 43.1 Å². The highest BCUT2D eigenvalue weighted by atomic mass is 15.0. The van der Waals surface area contributed by atoms with Gasteiger partial charge in [0.05, 0.1) is 17.4 Å². The van der Waals surface area contributed by atoms with Crippen LogP contribution in [0.5, 0.6) is 0 Å². The third-order valence-electron chi connectivity index (χ3n) is 2.79. The van der Waals surface area contributed by atoms with E-state index in [0.717, 1.165) is 22.4 Å². The first-order chi connectivity index (χ1) is 8.84. The van der Waals surface area contributed by atoms with Gasteiger partial charge < -0.3 is 4.57 Å². The van der Waals surface area contributed by atoms with Crippen LogP contribution < -0.4 is 0 Å². The molecule has 0 saturated carbocycles. The molecule has 0 aliphatic carbocycles. The first-order valence-electron chi connectivity index (χ1n) is 5.70. The number of hydrogen-bond donors (Lipinski definition) is 0. The Hall–Kier alpha value is -2.49. The molecule has 0 atom stereocenters. The third kappa shape index (κ3) is 1.88. The molecule has 18 heavy (non-hydrogen) atoms. The van der Waals surface area contributed by atoms with Crippen LogP contribution in [0.1, 0.15) is 5.82 Å². The van der Waals surface area contributed by atoms with E-state index in [1.54, 1.807) is 18.6 Å². The molecule has 0 fully saturated rings. The second kappa shape index (κ2) is 4.41. The lowest BCUT2D eigenvalue weighted by Gasteiger charge is -2.00. The average Bonchev–Trinajstić information content (AvgIpc) is 2.82. The minimum absolute atomic E-state index is 0.822. The maximum atomic E-state index is 4.47. The molecule has 0 amide bonds. The fourth-order valence-corrected chi connectivity index (χ4v) is 1.82. The largest absolute Gasteiger partial charge is 0.333 e. The van der Waals surface area contributed by atoms with E-state index in [4.69, 9.17) is 0 Å². The maximum Gasteiger partial charge on any atom is 0.150 e. The van der Waals surface area contributed by atoms with Crippen LogP contribution >= 0.6 is 0 Å². The number of para-hydroxylation sites is 1.